The van der Waals surface area contributed by atoms with E-state index in [9.17, 15) is 9.18 Å². The fourth-order valence-electron chi connectivity index (χ4n) is 2.28. The molecule has 1 spiro atoms. The zero-order valence-electron chi connectivity index (χ0n) is 8.66. The molecule has 2 aliphatic heterocycles. The highest BCUT2D eigenvalue weighted by molar-refractivity contribution is 6.00. The summed E-state index contributed by atoms with van der Waals surface area (Å²) < 4.78 is 24.1. The number of carbonyl (C=O) groups excluding carboxylic acids is 1. The van der Waals surface area contributed by atoms with Gasteiger partial charge in [0.1, 0.15) is 17.2 Å². The Balaban J connectivity index is 2.03. The van der Waals surface area contributed by atoms with Crippen LogP contribution in [-0.2, 0) is 4.74 Å². The van der Waals surface area contributed by atoms with E-state index < -0.39 is 5.60 Å². The molecule has 2 aliphatic rings. The summed E-state index contributed by atoms with van der Waals surface area (Å²) in [6, 6.07) is 4.03. The van der Waals surface area contributed by atoms with Crippen molar-refractivity contribution in [2.45, 2.75) is 18.4 Å². The maximum absolute atomic E-state index is 13.1. The largest absolute Gasteiger partial charge is 0.483 e. The second kappa shape index (κ2) is 3.28. The Morgan fingerprint density at radius 1 is 1.38 bits per heavy atom. The monoisotopic (exact) mass is 222 g/mol. The van der Waals surface area contributed by atoms with Crippen molar-refractivity contribution in [3.63, 3.8) is 0 Å². The van der Waals surface area contributed by atoms with Crippen LogP contribution in [0.2, 0.25) is 0 Å². The van der Waals surface area contributed by atoms with Crippen molar-refractivity contribution < 1.29 is 18.7 Å². The van der Waals surface area contributed by atoms with E-state index in [1.165, 1.54) is 18.2 Å². The average Bonchev–Trinajstić information content (AvgIpc) is 2.65. The smallest absolute Gasteiger partial charge is 0.170 e. The molecule has 0 aliphatic carbocycles. The molecule has 0 saturated carbocycles. The van der Waals surface area contributed by atoms with E-state index in [1.807, 2.05) is 0 Å². The van der Waals surface area contributed by atoms with Gasteiger partial charge in [0.05, 0.1) is 25.2 Å². The molecular weight excluding hydrogens is 211 g/mol. The topological polar surface area (TPSA) is 35.5 Å². The van der Waals surface area contributed by atoms with Crippen LogP contribution in [0.5, 0.6) is 5.75 Å². The molecule has 3 nitrogen and oxygen atoms in total. The van der Waals surface area contributed by atoms with Crippen molar-refractivity contribution >= 4 is 5.78 Å². The third kappa shape index (κ3) is 1.41. The van der Waals surface area contributed by atoms with Crippen LogP contribution in [0.15, 0.2) is 18.2 Å². The van der Waals surface area contributed by atoms with E-state index in [1.54, 1.807) is 0 Å². The number of ether oxygens (including phenoxy) is 2. The van der Waals surface area contributed by atoms with Crippen molar-refractivity contribution in [3.8, 4) is 5.75 Å². The molecular formula is C12H11FO3. The molecule has 1 unspecified atom stereocenters. The number of Topliss-reactive ketones (excluding diaryl/α,β-unsaturated/α-hetero) is 1. The van der Waals surface area contributed by atoms with Gasteiger partial charge < -0.3 is 9.47 Å². The van der Waals surface area contributed by atoms with Gasteiger partial charge in [-0.3, -0.25) is 4.79 Å². The SMILES string of the molecule is O=C1CC2(CCOC2)Oc2cc(F)ccc21. The van der Waals surface area contributed by atoms with Crippen LogP contribution in [0.3, 0.4) is 0 Å². The molecule has 4 heteroatoms. The van der Waals surface area contributed by atoms with Crippen molar-refractivity contribution in [3.05, 3.63) is 29.6 Å². The first-order valence-corrected chi connectivity index (χ1v) is 5.28. The summed E-state index contributed by atoms with van der Waals surface area (Å²) in [6.45, 7) is 1.01. The van der Waals surface area contributed by atoms with Crippen LogP contribution in [-0.4, -0.2) is 24.6 Å². The maximum Gasteiger partial charge on any atom is 0.170 e. The normalized spacial score (nSPS) is 27.9. The van der Waals surface area contributed by atoms with E-state index in [4.69, 9.17) is 9.47 Å². The van der Waals surface area contributed by atoms with Crippen molar-refractivity contribution in [2.24, 2.45) is 0 Å². The van der Waals surface area contributed by atoms with E-state index in [0.29, 0.717) is 37.4 Å². The Kier molecular flexibility index (Phi) is 2.01. The van der Waals surface area contributed by atoms with Crippen LogP contribution < -0.4 is 4.74 Å². The molecule has 0 bridgehead atoms. The molecule has 1 aromatic carbocycles. The lowest BCUT2D eigenvalue weighted by Gasteiger charge is -2.33. The molecule has 0 radical (unpaired) electrons. The van der Waals surface area contributed by atoms with E-state index in [0.717, 1.165) is 0 Å². The Bertz CT molecular complexity index is 450. The molecule has 84 valence electrons. The minimum Gasteiger partial charge on any atom is -0.483 e. The Morgan fingerprint density at radius 3 is 3.00 bits per heavy atom. The first kappa shape index (κ1) is 9.78. The summed E-state index contributed by atoms with van der Waals surface area (Å²) in [5.41, 5.74) is -0.0864. The minimum absolute atomic E-state index is 0.00625. The highest BCUT2D eigenvalue weighted by Crippen LogP contribution is 2.38. The van der Waals surface area contributed by atoms with Gasteiger partial charge in [0.25, 0.3) is 0 Å². The zero-order valence-corrected chi connectivity index (χ0v) is 8.66. The first-order chi connectivity index (χ1) is 7.69. The molecule has 1 aromatic rings. The number of hydrogen-bond donors (Lipinski definition) is 0. The highest BCUT2D eigenvalue weighted by Gasteiger charge is 2.43. The number of benzene rings is 1. The number of ketones is 1. The van der Waals surface area contributed by atoms with Crippen molar-refractivity contribution in [1.82, 2.24) is 0 Å². The molecule has 2 heterocycles. The number of fused-ring (bicyclic) bond motifs is 1. The number of halogens is 1. The number of carbonyl (C=O) groups is 1. The highest BCUT2D eigenvalue weighted by atomic mass is 19.1. The Morgan fingerprint density at radius 2 is 2.25 bits per heavy atom. The van der Waals surface area contributed by atoms with Gasteiger partial charge in [0.15, 0.2) is 5.78 Å². The maximum atomic E-state index is 13.1. The lowest BCUT2D eigenvalue weighted by Crippen LogP contribution is -2.42. The summed E-state index contributed by atoms with van der Waals surface area (Å²) in [6.07, 6.45) is 1.01. The molecule has 0 amide bonds. The van der Waals surface area contributed by atoms with Crippen LogP contribution >= 0.6 is 0 Å². The number of hydrogen-bond acceptors (Lipinski definition) is 3. The summed E-state index contributed by atoms with van der Waals surface area (Å²) in [5, 5.41) is 0. The van der Waals surface area contributed by atoms with Gasteiger partial charge in [0.2, 0.25) is 0 Å². The zero-order chi connectivity index (χ0) is 11.2. The van der Waals surface area contributed by atoms with Gasteiger partial charge in [-0.25, -0.2) is 4.39 Å². The lowest BCUT2D eigenvalue weighted by atomic mass is 9.89. The first-order valence-electron chi connectivity index (χ1n) is 5.28. The minimum atomic E-state index is -0.558. The number of rotatable bonds is 0. The van der Waals surface area contributed by atoms with E-state index >= 15 is 0 Å². The van der Waals surface area contributed by atoms with E-state index in [2.05, 4.69) is 0 Å². The Labute approximate surface area is 92.2 Å². The standard InChI is InChI=1S/C12H11FO3/c13-8-1-2-9-10(14)6-12(3-4-15-7-12)16-11(9)5-8/h1-2,5H,3-4,6-7H2. The molecule has 0 N–H and O–H groups in total. The third-order valence-electron chi connectivity index (χ3n) is 3.12. The second-order valence-electron chi connectivity index (χ2n) is 4.33. The fraction of sp³-hybridized carbons (Fsp3) is 0.417. The molecule has 1 atom stereocenters. The van der Waals surface area contributed by atoms with Gasteiger partial charge in [-0.15, -0.1) is 0 Å². The molecule has 3 rings (SSSR count). The summed E-state index contributed by atoms with van der Waals surface area (Å²) in [7, 11) is 0. The van der Waals surface area contributed by atoms with Gasteiger partial charge >= 0.3 is 0 Å². The summed E-state index contributed by atoms with van der Waals surface area (Å²) in [4.78, 5) is 11.9. The summed E-state index contributed by atoms with van der Waals surface area (Å²) in [5.74, 6) is -0.0315. The predicted molar refractivity (Wildman–Crippen MR) is 54.1 cm³/mol. The molecule has 1 saturated heterocycles. The van der Waals surface area contributed by atoms with Crippen LogP contribution in [0.1, 0.15) is 23.2 Å². The van der Waals surface area contributed by atoms with Gasteiger partial charge in [-0.1, -0.05) is 0 Å². The predicted octanol–water partition coefficient (Wildman–Crippen LogP) is 1.95. The Hall–Kier alpha value is -1.42. The average molecular weight is 222 g/mol. The molecule has 0 aromatic heterocycles. The molecule has 1 fully saturated rings. The summed E-state index contributed by atoms with van der Waals surface area (Å²) >= 11 is 0. The van der Waals surface area contributed by atoms with Gasteiger partial charge in [-0.2, -0.15) is 0 Å². The van der Waals surface area contributed by atoms with Crippen LogP contribution in [0, 0.1) is 5.82 Å². The fourth-order valence-corrected chi connectivity index (χ4v) is 2.28. The second-order valence-corrected chi connectivity index (χ2v) is 4.33. The van der Waals surface area contributed by atoms with Crippen LogP contribution in [0.25, 0.3) is 0 Å². The van der Waals surface area contributed by atoms with Crippen molar-refractivity contribution in [2.75, 3.05) is 13.2 Å². The van der Waals surface area contributed by atoms with Crippen molar-refractivity contribution in [1.29, 1.82) is 0 Å². The third-order valence-corrected chi connectivity index (χ3v) is 3.12. The van der Waals surface area contributed by atoms with Crippen LogP contribution in [0.4, 0.5) is 4.39 Å². The lowest BCUT2D eigenvalue weighted by molar-refractivity contribution is 0.0303. The molecule has 16 heavy (non-hydrogen) atoms. The quantitative estimate of drug-likeness (QED) is 0.673. The van der Waals surface area contributed by atoms with Gasteiger partial charge in [0, 0.05) is 12.5 Å². The van der Waals surface area contributed by atoms with Gasteiger partial charge in [-0.05, 0) is 12.1 Å². The van der Waals surface area contributed by atoms with E-state index in [-0.39, 0.29) is 11.6 Å².